The highest BCUT2D eigenvalue weighted by Gasteiger charge is 2.05. The van der Waals surface area contributed by atoms with Gasteiger partial charge in [0, 0.05) is 41.4 Å². The van der Waals surface area contributed by atoms with Crippen LogP contribution in [0.4, 0.5) is 17.2 Å². The third-order valence-corrected chi connectivity index (χ3v) is 4.65. The number of nitrogens with one attached hydrogen (secondary N) is 2. The van der Waals surface area contributed by atoms with Gasteiger partial charge in [-0.25, -0.2) is 4.98 Å². The summed E-state index contributed by atoms with van der Waals surface area (Å²) in [6.45, 7) is 6.38. The fourth-order valence-corrected chi connectivity index (χ4v) is 3.10. The zero-order valence-electron chi connectivity index (χ0n) is 17.4. The lowest BCUT2D eigenvalue weighted by molar-refractivity contribution is 0.851. The van der Waals surface area contributed by atoms with Gasteiger partial charge in [-0.1, -0.05) is 29.3 Å². The minimum absolute atomic E-state index is 0.640. The summed E-state index contributed by atoms with van der Waals surface area (Å²) in [5.41, 5.74) is 4.74. The van der Waals surface area contributed by atoms with Crippen LogP contribution in [0.5, 0.6) is 0 Å². The van der Waals surface area contributed by atoms with E-state index in [1.54, 1.807) is 24.8 Å². The van der Waals surface area contributed by atoms with Crippen molar-refractivity contribution in [2.24, 2.45) is 4.99 Å². The van der Waals surface area contributed by atoms with E-state index in [1.165, 1.54) is 5.57 Å². The van der Waals surface area contributed by atoms with Crippen molar-refractivity contribution in [1.29, 1.82) is 0 Å². The number of anilines is 3. The SMILES string of the molecule is C=N/C=C\C=C(/C)CCCNc1cncc(-c2cncc(Nc3cccc(Cl)c3)n2)c1. The Kier molecular flexibility index (Phi) is 8.31. The van der Waals surface area contributed by atoms with E-state index in [1.807, 2.05) is 42.6 Å². The van der Waals surface area contributed by atoms with Crippen LogP contribution in [0.25, 0.3) is 11.3 Å². The number of pyridine rings is 1. The van der Waals surface area contributed by atoms with Gasteiger partial charge in [-0.3, -0.25) is 15.0 Å². The van der Waals surface area contributed by atoms with Gasteiger partial charge < -0.3 is 10.6 Å². The van der Waals surface area contributed by atoms with Gasteiger partial charge >= 0.3 is 0 Å². The molecular formula is C24H25ClN6. The lowest BCUT2D eigenvalue weighted by Gasteiger charge is -2.09. The number of allylic oxidation sites excluding steroid dienone is 3. The molecule has 0 unspecified atom stereocenters. The molecule has 0 saturated carbocycles. The first-order valence-corrected chi connectivity index (χ1v) is 10.3. The second-order valence-corrected chi connectivity index (χ2v) is 7.39. The predicted molar refractivity (Wildman–Crippen MR) is 130 cm³/mol. The Balaban J connectivity index is 1.60. The Bertz CT molecular complexity index is 1080. The van der Waals surface area contributed by atoms with E-state index in [0.717, 1.165) is 42.0 Å². The highest BCUT2D eigenvalue weighted by atomic mass is 35.5. The third kappa shape index (κ3) is 7.35. The number of aliphatic imine (C=N–C) groups is 1. The summed E-state index contributed by atoms with van der Waals surface area (Å²) in [6.07, 6.45) is 14.7. The highest BCUT2D eigenvalue weighted by Crippen LogP contribution is 2.23. The average Bonchev–Trinajstić information content (AvgIpc) is 2.77. The Hall–Kier alpha value is -3.51. The summed E-state index contributed by atoms with van der Waals surface area (Å²) in [5.74, 6) is 0.640. The summed E-state index contributed by atoms with van der Waals surface area (Å²) in [5, 5.41) is 7.31. The van der Waals surface area contributed by atoms with Crippen molar-refractivity contribution in [2.45, 2.75) is 19.8 Å². The van der Waals surface area contributed by atoms with Crippen LogP contribution in [0, 0.1) is 0 Å². The molecule has 1 aromatic carbocycles. The Morgan fingerprint density at radius 3 is 2.84 bits per heavy atom. The number of hydrogen-bond donors (Lipinski definition) is 2. The first-order valence-electron chi connectivity index (χ1n) is 9.96. The molecule has 2 heterocycles. The molecule has 158 valence electrons. The fraction of sp³-hybridized carbons (Fsp3) is 0.167. The smallest absolute Gasteiger partial charge is 0.149 e. The van der Waals surface area contributed by atoms with Crippen molar-refractivity contribution >= 4 is 35.5 Å². The van der Waals surface area contributed by atoms with Crippen LogP contribution in [0.2, 0.25) is 5.02 Å². The lowest BCUT2D eigenvalue weighted by atomic mass is 10.1. The van der Waals surface area contributed by atoms with Crippen molar-refractivity contribution in [2.75, 3.05) is 17.2 Å². The van der Waals surface area contributed by atoms with E-state index < -0.39 is 0 Å². The van der Waals surface area contributed by atoms with Crippen molar-refractivity contribution in [3.63, 3.8) is 0 Å². The molecule has 3 aromatic rings. The maximum atomic E-state index is 6.05. The minimum atomic E-state index is 0.640. The monoisotopic (exact) mass is 432 g/mol. The Labute approximate surface area is 187 Å². The van der Waals surface area contributed by atoms with Crippen LogP contribution in [-0.2, 0) is 0 Å². The van der Waals surface area contributed by atoms with E-state index in [0.29, 0.717) is 10.8 Å². The van der Waals surface area contributed by atoms with Crippen LogP contribution in [-0.4, -0.2) is 28.2 Å². The Morgan fingerprint density at radius 2 is 2.00 bits per heavy atom. The molecule has 3 rings (SSSR count). The molecule has 7 heteroatoms. The topological polar surface area (TPSA) is 75.1 Å². The molecule has 0 fully saturated rings. The van der Waals surface area contributed by atoms with Crippen LogP contribution in [0.3, 0.4) is 0 Å². The van der Waals surface area contributed by atoms with Crippen LogP contribution in [0.15, 0.2) is 84.0 Å². The molecule has 0 atom stereocenters. The first-order chi connectivity index (χ1) is 15.1. The molecule has 0 spiro atoms. The molecule has 2 aromatic heterocycles. The molecule has 0 bridgehead atoms. The summed E-state index contributed by atoms with van der Waals surface area (Å²) < 4.78 is 0. The van der Waals surface area contributed by atoms with Gasteiger partial charge in [0.05, 0.1) is 23.8 Å². The van der Waals surface area contributed by atoms with Gasteiger partial charge in [-0.05, 0) is 56.8 Å². The van der Waals surface area contributed by atoms with Crippen LogP contribution < -0.4 is 10.6 Å². The molecule has 0 aliphatic rings. The Morgan fingerprint density at radius 1 is 1.13 bits per heavy atom. The van der Waals surface area contributed by atoms with Crippen molar-refractivity contribution in [3.8, 4) is 11.3 Å². The molecular weight excluding hydrogens is 408 g/mol. The van der Waals surface area contributed by atoms with Crippen molar-refractivity contribution in [3.05, 3.63) is 84.1 Å². The number of benzene rings is 1. The van der Waals surface area contributed by atoms with E-state index in [2.05, 4.69) is 50.3 Å². The highest BCUT2D eigenvalue weighted by molar-refractivity contribution is 6.30. The minimum Gasteiger partial charge on any atom is -0.384 e. The van der Waals surface area contributed by atoms with E-state index >= 15 is 0 Å². The van der Waals surface area contributed by atoms with Gasteiger partial charge in [0.2, 0.25) is 0 Å². The molecule has 0 saturated heterocycles. The van der Waals surface area contributed by atoms with Crippen molar-refractivity contribution in [1.82, 2.24) is 15.0 Å². The molecule has 0 amide bonds. The second kappa shape index (κ2) is 11.6. The maximum Gasteiger partial charge on any atom is 0.149 e. The summed E-state index contributed by atoms with van der Waals surface area (Å²) in [6, 6.07) is 9.50. The summed E-state index contributed by atoms with van der Waals surface area (Å²) in [7, 11) is 0. The molecule has 31 heavy (non-hydrogen) atoms. The van der Waals surface area contributed by atoms with Gasteiger partial charge in [0.1, 0.15) is 5.82 Å². The molecule has 2 N–H and O–H groups in total. The summed E-state index contributed by atoms with van der Waals surface area (Å²) >= 11 is 6.05. The van der Waals surface area contributed by atoms with Crippen LogP contribution >= 0.6 is 11.6 Å². The van der Waals surface area contributed by atoms with E-state index in [9.17, 15) is 0 Å². The first kappa shape index (κ1) is 22.2. The number of rotatable bonds is 10. The van der Waals surface area contributed by atoms with Gasteiger partial charge in [0.15, 0.2) is 0 Å². The molecule has 0 aliphatic carbocycles. The summed E-state index contributed by atoms with van der Waals surface area (Å²) in [4.78, 5) is 17.0. The molecule has 6 nitrogen and oxygen atoms in total. The zero-order chi connectivity index (χ0) is 21.9. The number of aromatic nitrogens is 3. The van der Waals surface area contributed by atoms with Gasteiger partial charge in [-0.2, -0.15) is 0 Å². The maximum absolute atomic E-state index is 6.05. The standard InChI is InChI=1S/C24H25ClN6/c1-18(6-4-10-26-2)7-5-11-29-22-12-19(14-27-15-22)23-16-28-17-24(31-23)30-21-9-3-8-20(25)13-21/h3-4,6,8-10,12-17,29H,2,5,7,11H2,1H3,(H,30,31)/b10-4-,18-6+. The second-order valence-electron chi connectivity index (χ2n) is 6.95. The normalized spacial score (nSPS) is 11.5. The van der Waals surface area contributed by atoms with Crippen LogP contribution in [0.1, 0.15) is 19.8 Å². The van der Waals surface area contributed by atoms with E-state index in [-0.39, 0.29) is 0 Å². The lowest BCUT2D eigenvalue weighted by Crippen LogP contribution is -2.02. The number of halogens is 1. The van der Waals surface area contributed by atoms with Gasteiger partial charge in [0.25, 0.3) is 0 Å². The molecule has 0 aliphatic heterocycles. The van der Waals surface area contributed by atoms with E-state index in [4.69, 9.17) is 11.6 Å². The largest absolute Gasteiger partial charge is 0.384 e. The quantitative estimate of drug-likeness (QED) is 0.224. The zero-order valence-corrected chi connectivity index (χ0v) is 18.2. The van der Waals surface area contributed by atoms with Crippen molar-refractivity contribution < 1.29 is 0 Å². The average molecular weight is 433 g/mol. The van der Waals surface area contributed by atoms with Gasteiger partial charge in [-0.15, -0.1) is 0 Å². The number of hydrogen-bond acceptors (Lipinski definition) is 6. The predicted octanol–water partition coefficient (Wildman–Crippen LogP) is 6.29. The number of nitrogens with zero attached hydrogens (tertiary/aromatic N) is 4. The third-order valence-electron chi connectivity index (χ3n) is 4.41. The fourth-order valence-electron chi connectivity index (χ4n) is 2.91. The molecule has 0 radical (unpaired) electrons.